The van der Waals surface area contributed by atoms with E-state index >= 15 is 0 Å². The van der Waals surface area contributed by atoms with E-state index in [1.165, 1.54) is 81.8 Å². The summed E-state index contributed by atoms with van der Waals surface area (Å²) in [6.45, 7) is 4.66. The maximum atomic E-state index is 3.51. The van der Waals surface area contributed by atoms with Gasteiger partial charge in [0.2, 0.25) is 0 Å². The van der Waals surface area contributed by atoms with E-state index in [0.29, 0.717) is 5.92 Å². The van der Waals surface area contributed by atoms with Crippen molar-refractivity contribution in [3.05, 3.63) is 35.4 Å². The van der Waals surface area contributed by atoms with E-state index in [0.717, 1.165) is 5.33 Å². The van der Waals surface area contributed by atoms with E-state index in [1.54, 1.807) is 0 Å². The molecule has 1 atom stereocenters. The molecule has 0 radical (unpaired) electrons. The van der Waals surface area contributed by atoms with Crippen molar-refractivity contribution in [1.82, 2.24) is 0 Å². The molecule has 0 fully saturated rings. The largest absolute Gasteiger partial charge is 0.0876 e. The average molecular weight is 367 g/mol. The zero-order valence-electron chi connectivity index (χ0n) is 14.7. The predicted molar refractivity (Wildman–Crippen MR) is 104 cm³/mol. The summed E-state index contributed by atoms with van der Waals surface area (Å²) in [7, 11) is 0. The normalized spacial score (nSPS) is 12.5. The van der Waals surface area contributed by atoms with Crippen LogP contribution < -0.4 is 0 Å². The lowest BCUT2D eigenvalue weighted by molar-refractivity contribution is 0.534. The molecular weight excluding hydrogens is 332 g/mol. The van der Waals surface area contributed by atoms with E-state index < -0.39 is 0 Å². The van der Waals surface area contributed by atoms with Gasteiger partial charge in [-0.3, -0.25) is 0 Å². The molecule has 0 saturated heterocycles. The van der Waals surface area contributed by atoms with Crippen molar-refractivity contribution in [3.63, 3.8) is 0 Å². The minimum absolute atomic E-state index is 0.707. The first-order chi connectivity index (χ1) is 10.8. The van der Waals surface area contributed by atoms with Crippen LogP contribution in [0.2, 0.25) is 0 Å². The molecule has 0 heterocycles. The van der Waals surface area contributed by atoms with Crippen LogP contribution >= 0.6 is 15.9 Å². The molecular formula is C21H35Br. The molecule has 1 aromatic rings. The maximum Gasteiger partial charge on any atom is 0.0283 e. The molecule has 0 saturated carbocycles. The van der Waals surface area contributed by atoms with Crippen LogP contribution in [0.25, 0.3) is 0 Å². The van der Waals surface area contributed by atoms with Crippen molar-refractivity contribution in [2.24, 2.45) is 0 Å². The standard InChI is InChI=1S/C21H35Br/c1-3-4-5-6-7-8-9-10-11-12-13-19(2)21-16-14-20(18-22)15-17-21/h14-17,19H,3-13,18H2,1-2H3. The number of rotatable bonds is 13. The average Bonchev–Trinajstić information content (AvgIpc) is 2.56. The van der Waals surface area contributed by atoms with Crippen molar-refractivity contribution in [2.75, 3.05) is 0 Å². The van der Waals surface area contributed by atoms with Gasteiger partial charge in [0.05, 0.1) is 0 Å². The number of halogens is 1. The summed E-state index contributed by atoms with van der Waals surface area (Å²) < 4.78 is 0. The molecule has 0 nitrogen and oxygen atoms in total. The van der Waals surface area contributed by atoms with Gasteiger partial charge in [-0.25, -0.2) is 0 Å². The fraction of sp³-hybridized carbons (Fsp3) is 0.714. The van der Waals surface area contributed by atoms with Crippen LogP contribution in [0.15, 0.2) is 24.3 Å². The molecule has 0 aliphatic carbocycles. The highest BCUT2D eigenvalue weighted by Gasteiger charge is 2.05. The van der Waals surface area contributed by atoms with Crippen LogP contribution in [-0.2, 0) is 5.33 Å². The van der Waals surface area contributed by atoms with Gasteiger partial charge in [0.25, 0.3) is 0 Å². The first kappa shape index (κ1) is 19.7. The van der Waals surface area contributed by atoms with Gasteiger partial charge in [-0.15, -0.1) is 0 Å². The van der Waals surface area contributed by atoms with Gasteiger partial charge in [-0.05, 0) is 23.5 Å². The van der Waals surface area contributed by atoms with Crippen LogP contribution in [0.4, 0.5) is 0 Å². The number of hydrogen-bond acceptors (Lipinski definition) is 0. The van der Waals surface area contributed by atoms with Crippen LogP contribution in [0, 0.1) is 0 Å². The van der Waals surface area contributed by atoms with Gasteiger partial charge < -0.3 is 0 Å². The van der Waals surface area contributed by atoms with Gasteiger partial charge in [0, 0.05) is 5.33 Å². The minimum Gasteiger partial charge on any atom is -0.0876 e. The Morgan fingerprint density at radius 1 is 0.773 bits per heavy atom. The van der Waals surface area contributed by atoms with Crippen LogP contribution in [-0.4, -0.2) is 0 Å². The lowest BCUT2D eigenvalue weighted by Gasteiger charge is -2.12. The van der Waals surface area contributed by atoms with E-state index in [-0.39, 0.29) is 0 Å². The van der Waals surface area contributed by atoms with E-state index in [4.69, 9.17) is 0 Å². The van der Waals surface area contributed by atoms with E-state index in [1.807, 2.05) is 0 Å². The summed E-state index contributed by atoms with van der Waals surface area (Å²) in [4.78, 5) is 0. The quantitative estimate of drug-likeness (QED) is 0.245. The summed E-state index contributed by atoms with van der Waals surface area (Å²) >= 11 is 3.51. The van der Waals surface area contributed by atoms with Crippen molar-refractivity contribution in [2.45, 2.75) is 95.7 Å². The number of unbranched alkanes of at least 4 members (excludes halogenated alkanes) is 9. The smallest absolute Gasteiger partial charge is 0.0283 e. The Balaban J connectivity index is 1.99. The van der Waals surface area contributed by atoms with Crippen LogP contribution in [0.3, 0.4) is 0 Å². The maximum absolute atomic E-state index is 3.51. The van der Waals surface area contributed by atoms with Crippen molar-refractivity contribution in [1.29, 1.82) is 0 Å². The molecule has 1 heteroatoms. The monoisotopic (exact) mass is 366 g/mol. The van der Waals surface area contributed by atoms with Gasteiger partial charge in [0.15, 0.2) is 0 Å². The van der Waals surface area contributed by atoms with E-state index in [9.17, 15) is 0 Å². The van der Waals surface area contributed by atoms with Crippen molar-refractivity contribution < 1.29 is 0 Å². The number of hydrogen-bond donors (Lipinski definition) is 0. The van der Waals surface area contributed by atoms with E-state index in [2.05, 4.69) is 54.0 Å². The lowest BCUT2D eigenvalue weighted by Crippen LogP contribution is -1.94. The Bertz CT molecular complexity index is 355. The lowest BCUT2D eigenvalue weighted by atomic mass is 9.94. The second-order valence-electron chi connectivity index (χ2n) is 6.75. The molecule has 1 aromatic carbocycles. The third-order valence-electron chi connectivity index (χ3n) is 4.69. The highest BCUT2D eigenvalue weighted by Crippen LogP contribution is 2.23. The third kappa shape index (κ3) is 8.98. The molecule has 1 unspecified atom stereocenters. The Labute approximate surface area is 147 Å². The predicted octanol–water partition coefficient (Wildman–Crippen LogP) is 8.00. The van der Waals surface area contributed by atoms with Gasteiger partial charge in [-0.2, -0.15) is 0 Å². The summed E-state index contributed by atoms with van der Waals surface area (Å²) in [5.74, 6) is 0.707. The number of benzene rings is 1. The molecule has 0 aromatic heterocycles. The molecule has 0 aliphatic rings. The van der Waals surface area contributed by atoms with Crippen molar-refractivity contribution >= 4 is 15.9 Å². The molecule has 1 rings (SSSR count). The highest BCUT2D eigenvalue weighted by atomic mass is 79.9. The molecule has 0 spiro atoms. The first-order valence-corrected chi connectivity index (χ1v) is 10.5. The van der Waals surface area contributed by atoms with Crippen molar-refractivity contribution in [3.8, 4) is 0 Å². The zero-order valence-corrected chi connectivity index (χ0v) is 16.3. The second-order valence-corrected chi connectivity index (χ2v) is 7.31. The van der Waals surface area contributed by atoms with Crippen LogP contribution in [0.5, 0.6) is 0 Å². The van der Waals surface area contributed by atoms with Gasteiger partial charge in [0.1, 0.15) is 0 Å². The Kier molecular flexibility index (Phi) is 11.8. The summed E-state index contributed by atoms with van der Waals surface area (Å²) in [5.41, 5.74) is 2.87. The highest BCUT2D eigenvalue weighted by molar-refractivity contribution is 9.08. The summed E-state index contributed by atoms with van der Waals surface area (Å²) in [6, 6.07) is 9.10. The zero-order chi connectivity index (χ0) is 16.0. The topological polar surface area (TPSA) is 0 Å². The number of alkyl halides is 1. The fourth-order valence-corrected chi connectivity index (χ4v) is 3.41. The second kappa shape index (κ2) is 13.2. The SMILES string of the molecule is CCCCCCCCCCCCC(C)c1ccc(CBr)cc1. The molecule has 22 heavy (non-hydrogen) atoms. The molecule has 0 bridgehead atoms. The molecule has 0 aliphatic heterocycles. The Hall–Kier alpha value is -0.300. The van der Waals surface area contributed by atoms with Gasteiger partial charge in [-0.1, -0.05) is 118 Å². The minimum atomic E-state index is 0.707. The molecule has 0 amide bonds. The molecule has 0 N–H and O–H groups in total. The Morgan fingerprint density at radius 3 is 1.77 bits per heavy atom. The summed E-state index contributed by atoms with van der Waals surface area (Å²) in [5, 5.41) is 0.958. The molecule has 126 valence electrons. The van der Waals surface area contributed by atoms with Gasteiger partial charge >= 0.3 is 0 Å². The Morgan fingerprint density at radius 2 is 1.27 bits per heavy atom. The summed E-state index contributed by atoms with van der Waals surface area (Å²) in [6.07, 6.45) is 15.6. The first-order valence-electron chi connectivity index (χ1n) is 9.42. The van der Waals surface area contributed by atoms with Crippen LogP contribution in [0.1, 0.15) is 102 Å². The fourth-order valence-electron chi connectivity index (χ4n) is 3.04. The third-order valence-corrected chi connectivity index (χ3v) is 5.34.